The summed E-state index contributed by atoms with van der Waals surface area (Å²) < 4.78 is 9.99. The molecular formula is C22H22BrN4O2+. The van der Waals surface area contributed by atoms with Crippen molar-refractivity contribution in [1.29, 1.82) is 0 Å². The number of nitrogens with zero attached hydrogens (tertiary/aromatic N) is 3. The Bertz CT molecular complexity index is 1140. The molecule has 0 saturated heterocycles. The van der Waals surface area contributed by atoms with Crippen LogP contribution in [0.25, 0.3) is 16.7 Å². The van der Waals surface area contributed by atoms with Crippen LogP contribution in [-0.4, -0.2) is 15.7 Å². The van der Waals surface area contributed by atoms with E-state index in [1.54, 1.807) is 4.68 Å². The zero-order valence-electron chi connectivity index (χ0n) is 16.5. The van der Waals surface area contributed by atoms with Crippen LogP contribution in [0, 0.1) is 0 Å². The normalized spacial score (nSPS) is 10.3. The maximum atomic E-state index is 12.1. The Hall–Kier alpha value is -3.19. The van der Waals surface area contributed by atoms with Crippen molar-refractivity contribution in [3.05, 3.63) is 77.0 Å². The molecule has 0 saturated carbocycles. The number of primary amides is 1. The van der Waals surface area contributed by atoms with E-state index in [4.69, 9.17) is 10.5 Å². The monoisotopic (exact) mass is 453 g/mol. The first-order chi connectivity index (χ1) is 14.0. The summed E-state index contributed by atoms with van der Waals surface area (Å²) in [6, 6.07) is 18.7. The number of hydrogen-bond donors (Lipinski definition) is 1. The first kappa shape index (κ1) is 20.5. The van der Waals surface area contributed by atoms with E-state index < -0.39 is 5.91 Å². The maximum absolute atomic E-state index is 12.1. The molecule has 0 bridgehead atoms. The number of amides is 1. The third-order valence-electron chi connectivity index (χ3n) is 4.18. The Balaban J connectivity index is 0.00000117. The molecular weight excluding hydrogens is 432 g/mol. The van der Waals surface area contributed by atoms with Gasteiger partial charge in [0.25, 0.3) is 11.4 Å². The van der Waals surface area contributed by atoms with Crippen LogP contribution in [-0.2, 0) is 7.05 Å². The highest BCUT2D eigenvalue weighted by Crippen LogP contribution is 2.27. The fourth-order valence-electron chi connectivity index (χ4n) is 2.92. The Morgan fingerprint density at radius 2 is 1.66 bits per heavy atom. The first-order valence-corrected chi connectivity index (χ1v) is 10.0. The van der Waals surface area contributed by atoms with E-state index >= 15 is 0 Å². The van der Waals surface area contributed by atoms with Crippen molar-refractivity contribution >= 4 is 32.9 Å². The second kappa shape index (κ2) is 8.87. The molecule has 148 valence electrons. The minimum Gasteiger partial charge on any atom is -0.457 e. The van der Waals surface area contributed by atoms with Crippen LogP contribution in [0.4, 0.5) is 0 Å². The number of rotatable bonds is 4. The Morgan fingerprint density at radius 1 is 1.03 bits per heavy atom. The summed E-state index contributed by atoms with van der Waals surface area (Å²) in [4.78, 5) is 12.1. The summed E-state index contributed by atoms with van der Waals surface area (Å²) in [6.07, 6.45) is 1.85. The molecule has 0 spiro atoms. The van der Waals surface area contributed by atoms with Gasteiger partial charge in [0, 0.05) is 6.07 Å². The molecule has 2 N–H and O–H groups in total. The summed E-state index contributed by atoms with van der Waals surface area (Å²) in [5.41, 5.74) is 8.03. The van der Waals surface area contributed by atoms with Crippen molar-refractivity contribution in [2.24, 2.45) is 12.8 Å². The van der Waals surface area contributed by atoms with Gasteiger partial charge in [-0.25, -0.2) is 4.68 Å². The van der Waals surface area contributed by atoms with Gasteiger partial charge in [0.05, 0.1) is 10.2 Å². The van der Waals surface area contributed by atoms with E-state index in [2.05, 4.69) is 21.0 Å². The fourth-order valence-corrected chi connectivity index (χ4v) is 3.31. The van der Waals surface area contributed by atoms with E-state index in [9.17, 15) is 4.79 Å². The molecule has 7 heteroatoms. The Labute approximate surface area is 177 Å². The minimum absolute atomic E-state index is 0.325. The van der Waals surface area contributed by atoms with E-state index in [0.29, 0.717) is 28.2 Å². The number of nitrogens with two attached hydrogens (primary N) is 1. The molecule has 6 nitrogen and oxygen atoms in total. The van der Waals surface area contributed by atoms with Gasteiger partial charge in [-0.1, -0.05) is 32.0 Å². The second-order valence-electron chi connectivity index (χ2n) is 6.01. The molecule has 4 rings (SSSR count). The van der Waals surface area contributed by atoms with Gasteiger partial charge >= 0.3 is 0 Å². The average molecular weight is 454 g/mol. The maximum Gasteiger partial charge on any atom is 0.274 e. The SMILES string of the molecule is CC.C[n+]1ccc(Br)c2nn(-c3ccc(Oc4ccccc4)cc3)c(C(N)=O)c21. The van der Waals surface area contributed by atoms with Gasteiger partial charge in [0.2, 0.25) is 5.69 Å². The van der Waals surface area contributed by atoms with Gasteiger partial charge in [-0.15, -0.1) is 0 Å². The number of aromatic nitrogens is 3. The molecule has 2 aromatic carbocycles. The second-order valence-corrected chi connectivity index (χ2v) is 6.86. The number of pyridine rings is 1. The molecule has 1 amide bonds. The highest BCUT2D eigenvalue weighted by atomic mass is 79.9. The minimum atomic E-state index is -0.546. The van der Waals surface area contributed by atoms with Crippen LogP contribution >= 0.6 is 15.9 Å². The highest BCUT2D eigenvalue weighted by Gasteiger charge is 2.26. The predicted molar refractivity (Wildman–Crippen MR) is 116 cm³/mol. The summed E-state index contributed by atoms with van der Waals surface area (Å²) in [5.74, 6) is 0.897. The van der Waals surface area contributed by atoms with Crippen molar-refractivity contribution in [3.8, 4) is 17.2 Å². The molecule has 0 atom stereocenters. The van der Waals surface area contributed by atoms with Gasteiger partial charge in [-0.3, -0.25) is 4.79 Å². The standard InChI is InChI=1S/C20H15BrN4O2.C2H6/c1-24-12-11-16(21)17-18(24)19(20(22)26)25(23-17)13-7-9-15(10-8-13)27-14-5-3-2-4-6-14;1-2/h2-12H,1H3,(H-,22,26);1-2H3/p+1. The lowest BCUT2D eigenvalue weighted by Crippen LogP contribution is -2.31. The number of aryl methyl sites for hydroxylation is 1. The van der Waals surface area contributed by atoms with E-state index in [-0.39, 0.29) is 0 Å². The quantitative estimate of drug-likeness (QED) is 0.461. The topological polar surface area (TPSA) is 74.0 Å². The number of carbonyl (C=O) groups excluding carboxylic acids is 1. The molecule has 0 aliphatic rings. The van der Waals surface area contributed by atoms with E-state index in [1.165, 1.54) is 0 Å². The molecule has 0 radical (unpaired) electrons. The van der Waals surface area contributed by atoms with Crippen LogP contribution in [0.3, 0.4) is 0 Å². The number of benzene rings is 2. The molecule has 0 unspecified atom stereocenters. The zero-order chi connectivity index (χ0) is 21.0. The molecule has 0 fully saturated rings. The summed E-state index contributed by atoms with van der Waals surface area (Å²) in [7, 11) is 1.85. The van der Waals surface area contributed by atoms with Gasteiger partial charge in [0.1, 0.15) is 18.5 Å². The van der Waals surface area contributed by atoms with Gasteiger partial charge in [-0.05, 0) is 52.3 Å². The largest absolute Gasteiger partial charge is 0.457 e. The number of carbonyl (C=O) groups is 1. The average Bonchev–Trinajstić information content (AvgIpc) is 3.16. The Kier molecular flexibility index (Phi) is 6.29. The summed E-state index contributed by atoms with van der Waals surface area (Å²) in [6.45, 7) is 4.00. The van der Waals surface area contributed by atoms with Crippen molar-refractivity contribution < 1.29 is 14.1 Å². The summed E-state index contributed by atoms with van der Waals surface area (Å²) in [5, 5.41) is 4.59. The zero-order valence-corrected chi connectivity index (χ0v) is 18.1. The summed E-state index contributed by atoms with van der Waals surface area (Å²) >= 11 is 3.49. The number of hydrogen-bond acceptors (Lipinski definition) is 3. The van der Waals surface area contributed by atoms with Crippen molar-refractivity contribution in [2.45, 2.75) is 13.8 Å². The number of fused-ring (bicyclic) bond motifs is 1. The third kappa shape index (κ3) is 4.14. The van der Waals surface area contributed by atoms with Gasteiger partial charge < -0.3 is 10.5 Å². The van der Waals surface area contributed by atoms with Crippen molar-refractivity contribution in [1.82, 2.24) is 9.78 Å². The molecule has 2 heterocycles. The van der Waals surface area contributed by atoms with E-state index in [0.717, 1.165) is 10.2 Å². The predicted octanol–water partition coefficient (Wildman–Crippen LogP) is 4.53. The van der Waals surface area contributed by atoms with Crippen LogP contribution in [0.2, 0.25) is 0 Å². The molecule has 4 aromatic rings. The lowest BCUT2D eigenvalue weighted by molar-refractivity contribution is -0.645. The van der Waals surface area contributed by atoms with Crippen molar-refractivity contribution in [3.63, 3.8) is 0 Å². The fraction of sp³-hybridized carbons (Fsp3) is 0.136. The lowest BCUT2D eigenvalue weighted by Gasteiger charge is -2.07. The molecule has 0 aliphatic heterocycles. The van der Waals surface area contributed by atoms with Crippen molar-refractivity contribution in [2.75, 3.05) is 0 Å². The lowest BCUT2D eigenvalue weighted by atomic mass is 10.2. The number of ether oxygens (including phenoxy) is 1. The number of halogens is 1. The third-order valence-corrected chi connectivity index (χ3v) is 4.82. The van der Waals surface area contributed by atoms with E-state index in [1.807, 2.05) is 92.3 Å². The van der Waals surface area contributed by atoms with Crippen LogP contribution < -0.4 is 15.0 Å². The van der Waals surface area contributed by atoms with Crippen LogP contribution in [0.5, 0.6) is 11.5 Å². The highest BCUT2D eigenvalue weighted by molar-refractivity contribution is 9.10. The Morgan fingerprint density at radius 3 is 2.28 bits per heavy atom. The van der Waals surface area contributed by atoms with Crippen LogP contribution in [0.15, 0.2) is 71.3 Å². The smallest absolute Gasteiger partial charge is 0.274 e. The molecule has 29 heavy (non-hydrogen) atoms. The molecule has 0 aliphatic carbocycles. The van der Waals surface area contributed by atoms with Gasteiger partial charge in [0.15, 0.2) is 11.7 Å². The van der Waals surface area contributed by atoms with Crippen LogP contribution in [0.1, 0.15) is 24.3 Å². The first-order valence-electron chi connectivity index (χ1n) is 9.24. The van der Waals surface area contributed by atoms with Gasteiger partial charge in [-0.2, -0.15) is 9.67 Å². The molecule has 2 aromatic heterocycles. The number of para-hydroxylation sites is 1.